The summed E-state index contributed by atoms with van der Waals surface area (Å²) in [5.41, 5.74) is 14.8. The fourth-order valence-electron chi connectivity index (χ4n) is 7.41. The normalized spacial score (nSPS) is 15.8. The van der Waals surface area contributed by atoms with E-state index >= 15 is 0 Å². The van der Waals surface area contributed by atoms with Crippen molar-refractivity contribution in [1.29, 1.82) is 0 Å². The van der Waals surface area contributed by atoms with E-state index in [9.17, 15) is 0 Å². The van der Waals surface area contributed by atoms with Gasteiger partial charge in [-0.2, -0.15) is 0 Å². The summed E-state index contributed by atoms with van der Waals surface area (Å²) in [5.74, 6) is 0.352. The van der Waals surface area contributed by atoms with Crippen LogP contribution in [0, 0.1) is 20.8 Å². The molecule has 0 saturated heterocycles. The SMILES string of the molecule is Cc1ccc2c(c1)C(C(c1ccccc1)(c1ccccc1)C1C=Cc3cccc(C)c31)c1cc(C)ccc1-2. The Bertz CT molecular complexity index is 1600. The molecule has 0 aliphatic heterocycles. The van der Waals surface area contributed by atoms with Gasteiger partial charge in [-0.1, -0.05) is 139 Å². The molecule has 0 N–H and O–H groups in total. The lowest BCUT2D eigenvalue weighted by Gasteiger charge is -2.46. The van der Waals surface area contributed by atoms with Gasteiger partial charge in [0, 0.05) is 17.3 Å². The molecule has 1 atom stereocenters. The van der Waals surface area contributed by atoms with Crippen molar-refractivity contribution in [3.63, 3.8) is 0 Å². The van der Waals surface area contributed by atoms with Crippen LogP contribution < -0.4 is 0 Å². The van der Waals surface area contributed by atoms with Crippen LogP contribution in [0.1, 0.15) is 61.9 Å². The lowest BCUT2D eigenvalue weighted by molar-refractivity contribution is 0.416. The number of aryl methyl sites for hydroxylation is 3. The molecule has 2 aliphatic rings. The van der Waals surface area contributed by atoms with Crippen molar-refractivity contribution in [2.45, 2.75) is 38.0 Å². The van der Waals surface area contributed by atoms with Crippen LogP contribution in [0.3, 0.4) is 0 Å². The number of hydrogen-bond acceptors (Lipinski definition) is 0. The molecule has 0 spiro atoms. The highest BCUT2D eigenvalue weighted by molar-refractivity contribution is 5.82. The van der Waals surface area contributed by atoms with E-state index in [1.54, 1.807) is 0 Å². The fourth-order valence-corrected chi connectivity index (χ4v) is 7.41. The van der Waals surface area contributed by atoms with Gasteiger partial charge in [-0.05, 0) is 70.8 Å². The average Bonchev–Trinajstić information content (AvgIpc) is 3.51. The molecule has 0 bridgehead atoms. The van der Waals surface area contributed by atoms with Crippen LogP contribution in [0.2, 0.25) is 0 Å². The Balaban J connectivity index is 1.66. The molecule has 0 radical (unpaired) electrons. The van der Waals surface area contributed by atoms with E-state index in [-0.39, 0.29) is 17.3 Å². The largest absolute Gasteiger partial charge is 0.0751 e. The van der Waals surface area contributed by atoms with E-state index < -0.39 is 0 Å². The van der Waals surface area contributed by atoms with Crippen molar-refractivity contribution in [3.05, 3.63) is 171 Å². The Morgan fingerprint density at radius 3 is 1.66 bits per heavy atom. The summed E-state index contributed by atoms with van der Waals surface area (Å²) in [6.45, 7) is 6.74. The van der Waals surface area contributed by atoms with Gasteiger partial charge >= 0.3 is 0 Å². The minimum Gasteiger partial charge on any atom is -0.0751 e. The van der Waals surface area contributed by atoms with E-state index in [1.165, 1.54) is 61.2 Å². The van der Waals surface area contributed by atoms with Crippen LogP contribution in [0.25, 0.3) is 17.2 Å². The zero-order valence-electron chi connectivity index (χ0n) is 22.3. The second-order valence-corrected chi connectivity index (χ2v) is 11.1. The minimum atomic E-state index is -0.335. The first-order valence-electron chi connectivity index (χ1n) is 13.7. The van der Waals surface area contributed by atoms with Crippen molar-refractivity contribution in [1.82, 2.24) is 0 Å². The molecule has 0 amide bonds. The Morgan fingerprint density at radius 1 is 0.553 bits per heavy atom. The summed E-state index contributed by atoms with van der Waals surface area (Å²) in [7, 11) is 0. The Hall–Kier alpha value is -4.16. The second kappa shape index (κ2) is 8.71. The second-order valence-electron chi connectivity index (χ2n) is 11.1. The smallest absolute Gasteiger partial charge is 0.0415 e. The predicted octanol–water partition coefficient (Wildman–Crippen LogP) is 9.52. The van der Waals surface area contributed by atoms with Crippen LogP contribution in [0.15, 0.2) is 121 Å². The number of allylic oxidation sites excluding steroid dienone is 1. The van der Waals surface area contributed by atoms with Gasteiger partial charge < -0.3 is 0 Å². The highest BCUT2D eigenvalue weighted by Crippen LogP contribution is 2.63. The quantitative estimate of drug-likeness (QED) is 0.236. The van der Waals surface area contributed by atoms with E-state index in [1.807, 2.05) is 0 Å². The van der Waals surface area contributed by atoms with Gasteiger partial charge in [-0.25, -0.2) is 0 Å². The van der Waals surface area contributed by atoms with Crippen molar-refractivity contribution in [2.24, 2.45) is 0 Å². The van der Waals surface area contributed by atoms with Crippen LogP contribution in [0.4, 0.5) is 0 Å². The molecule has 0 saturated carbocycles. The number of hydrogen-bond donors (Lipinski definition) is 0. The van der Waals surface area contributed by atoms with Crippen LogP contribution in [-0.4, -0.2) is 0 Å². The summed E-state index contributed by atoms with van der Waals surface area (Å²) in [4.78, 5) is 0. The highest BCUT2D eigenvalue weighted by Gasteiger charge is 2.53. The third-order valence-electron chi connectivity index (χ3n) is 8.91. The topological polar surface area (TPSA) is 0 Å². The minimum absolute atomic E-state index is 0.164. The van der Waals surface area contributed by atoms with Gasteiger partial charge in [0.2, 0.25) is 0 Å². The third kappa shape index (κ3) is 3.23. The van der Waals surface area contributed by atoms with Gasteiger partial charge in [0.1, 0.15) is 0 Å². The molecule has 1 unspecified atom stereocenters. The zero-order chi connectivity index (χ0) is 25.9. The number of rotatable bonds is 4. The average molecular weight is 489 g/mol. The molecule has 184 valence electrons. The molecule has 0 heterocycles. The molecule has 0 heteroatoms. The molecule has 5 aromatic rings. The standard InChI is InChI=1S/C38H32/c1-25-17-20-31-32-21-18-26(2)24-34(32)37(33(31)23-25)38(29-13-6-4-7-14-29,30-15-8-5-9-16-30)35-22-19-28-12-10-11-27(3)36(28)35/h4-24,35,37H,1-3H3. The zero-order valence-corrected chi connectivity index (χ0v) is 22.3. The van der Waals surface area contributed by atoms with Gasteiger partial charge in [-0.3, -0.25) is 0 Å². The predicted molar refractivity (Wildman–Crippen MR) is 160 cm³/mol. The first kappa shape index (κ1) is 23.0. The van der Waals surface area contributed by atoms with Crippen LogP contribution >= 0.6 is 0 Å². The first-order valence-corrected chi connectivity index (χ1v) is 13.7. The van der Waals surface area contributed by atoms with E-state index in [0.717, 1.165) is 0 Å². The summed E-state index contributed by atoms with van der Waals surface area (Å²) in [6, 6.07) is 43.5. The lowest BCUT2D eigenvalue weighted by atomic mass is 9.55. The summed E-state index contributed by atoms with van der Waals surface area (Å²) in [5, 5.41) is 0. The van der Waals surface area contributed by atoms with Crippen LogP contribution in [-0.2, 0) is 5.41 Å². The Kier molecular flexibility index (Phi) is 5.27. The first-order chi connectivity index (χ1) is 18.6. The molecule has 0 nitrogen and oxygen atoms in total. The van der Waals surface area contributed by atoms with E-state index in [4.69, 9.17) is 0 Å². The van der Waals surface area contributed by atoms with Crippen molar-refractivity contribution >= 4 is 6.08 Å². The van der Waals surface area contributed by atoms with E-state index in [2.05, 4.69) is 148 Å². The molecule has 5 aromatic carbocycles. The highest BCUT2D eigenvalue weighted by atomic mass is 14.5. The Labute approximate surface area is 226 Å². The Morgan fingerprint density at radius 2 is 1.11 bits per heavy atom. The maximum atomic E-state index is 2.49. The van der Waals surface area contributed by atoms with Gasteiger partial charge in [-0.15, -0.1) is 0 Å². The van der Waals surface area contributed by atoms with Crippen molar-refractivity contribution in [3.8, 4) is 11.1 Å². The number of fused-ring (bicyclic) bond motifs is 4. The van der Waals surface area contributed by atoms with Gasteiger partial charge in [0.25, 0.3) is 0 Å². The van der Waals surface area contributed by atoms with Crippen molar-refractivity contribution < 1.29 is 0 Å². The molecular weight excluding hydrogens is 456 g/mol. The number of benzene rings is 5. The van der Waals surface area contributed by atoms with Gasteiger partial charge in [0.15, 0.2) is 0 Å². The maximum absolute atomic E-state index is 2.49. The maximum Gasteiger partial charge on any atom is 0.0415 e. The molecule has 38 heavy (non-hydrogen) atoms. The molecule has 0 aromatic heterocycles. The summed E-state index contributed by atoms with van der Waals surface area (Å²) >= 11 is 0. The fraction of sp³-hybridized carbons (Fsp3) is 0.158. The van der Waals surface area contributed by atoms with E-state index in [0.29, 0.717) is 0 Å². The molecule has 0 fully saturated rings. The monoisotopic (exact) mass is 488 g/mol. The van der Waals surface area contributed by atoms with Gasteiger partial charge in [0.05, 0.1) is 0 Å². The summed E-state index contributed by atoms with van der Waals surface area (Å²) in [6.07, 6.45) is 4.85. The molecule has 2 aliphatic carbocycles. The van der Waals surface area contributed by atoms with Crippen LogP contribution in [0.5, 0.6) is 0 Å². The van der Waals surface area contributed by atoms with Crippen molar-refractivity contribution in [2.75, 3.05) is 0 Å². The third-order valence-corrected chi connectivity index (χ3v) is 8.91. The molecular formula is C38H32. The lowest BCUT2D eigenvalue weighted by Crippen LogP contribution is -2.40. The molecule has 7 rings (SSSR count). The summed E-state index contributed by atoms with van der Waals surface area (Å²) < 4.78 is 0.